The Morgan fingerprint density at radius 2 is 1.79 bits per heavy atom. The molecule has 4 nitrogen and oxygen atoms in total. The maximum absolute atomic E-state index is 12.1. The highest BCUT2D eigenvalue weighted by Gasteiger charge is 2.11. The van der Waals surface area contributed by atoms with Crippen molar-refractivity contribution in [1.82, 2.24) is 10.3 Å². The summed E-state index contributed by atoms with van der Waals surface area (Å²) in [6.07, 6.45) is 3.43. The number of pyridine rings is 1. The summed E-state index contributed by atoms with van der Waals surface area (Å²) in [5.41, 5.74) is 1.64. The van der Waals surface area contributed by atoms with E-state index in [1.807, 2.05) is 19.1 Å². The number of nitrogens with one attached hydrogen (secondary N) is 1. The molecule has 0 aliphatic carbocycles. The fraction of sp³-hybridized carbons (Fsp3) is 0.200. The van der Waals surface area contributed by atoms with Crippen LogP contribution < -0.4 is 10.1 Å². The molecule has 1 aromatic carbocycles. The number of aromatic nitrogens is 1. The summed E-state index contributed by atoms with van der Waals surface area (Å²) in [6.45, 7) is 1.94. The van der Waals surface area contributed by atoms with E-state index >= 15 is 0 Å². The number of ether oxygens (including phenoxy) is 1. The second-order valence-corrected chi connectivity index (χ2v) is 4.20. The molecule has 1 amide bonds. The molecule has 0 bridgehead atoms. The molecule has 1 heterocycles. The second kappa shape index (κ2) is 6.00. The van der Waals surface area contributed by atoms with Gasteiger partial charge in [0.25, 0.3) is 5.91 Å². The van der Waals surface area contributed by atoms with Gasteiger partial charge in [0.15, 0.2) is 0 Å². The molecule has 0 saturated heterocycles. The minimum absolute atomic E-state index is 0.0578. The summed E-state index contributed by atoms with van der Waals surface area (Å²) in [7, 11) is 1.60. The van der Waals surface area contributed by atoms with Gasteiger partial charge in [0.05, 0.1) is 13.2 Å². The van der Waals surface area contributed by atoms with Gasteiger partial charge in [0, 0.05) is 18.0 Å². The number of carbonyl (C=O) groups excluding carboxylic acids is 1. The van der Waals surface area contributed by atoms with Gasteiger partial charge in [0.1, 0.15) is 5.75 Å². The fourth-order valence-electron chi connectivity index (χ4n) is 1.76. The quantitative estimate of drug-likeness (QED) is 0.914. The number of benzene rings is 1. The van der Waals surface area contributed by atoms with Gasteiger partial charge in [-0.25, -0.2) is 0 Å². The molecule has 98 valence electrons. The number of amides is 1. The summed E-state index contributed by atoms with van der Waals surface area (Å²) in [5, 5.41) is 2.94. The van der Waals surface area contributed by atoms with Crippen molar-refractivity contribution in [2.75, 3.05) is 7.11 Å². The van der Waals surface area contributed by atoms with Crippen LogP contribution in [0.5, 0.6) is 5.75 Å². The van der Waals surface area contributed by atoms with E-state index < -0.39 is 0 Å². The third-order valence-electron chi connectivity index (χ3n) is 2.91. The van der Waals surface area contributed by atoms with Crippen molar-refractivity contribution in [1.29, 1.82) is 0 Å². The van der Waals surface area contributed by atoms with Crippen LogP contribution >= 0.6 is 0 Å². The first kappa shape index (κ1) is 13.1. The van der Waals surface area contributed by atoms with Gasteiger partial charge in [-0.05, 0) is 48.9 Å². The van der Waals surface area contributed by atoms with Crippen LogP contribution in [0.15, 0.2) is 48.8 Å². The number of hydrogen-bond donors (Lipinski definition) is 1. The van der Waals surface area contributed by atoms with Crippen molar-refractivity contribution in [3.8, 4) is 5.75 Å². The Bertz CT molecular complexity index is 538. The van der Waals surface area contributed by atoms with Gasteiger partial charge < -0.3 is 10.1 Å². The maximum Gasteiger partial charge on any atom is 0.251 e. The predicted molar refractivity (Wildman–Crippen MR) is 73.1 cm³/mol. The van der Waals surface area contributed by atoms with Crippen molar-refractivity contribution < 1.29 is 9.53 Å². The molecular weight excluding hydrogens is 240 g/mol. The monoisotopic (exact) mass is 256 g/mol. The predicted octanol–water partition coefficient (Wildman–Crippen LogP) is 2.58. The number of carbonyl (C=O) groups is 1. The van der Waals surface area contributed by atoms with Gasteiger partial charge in [-0.2, -0.15) is 0 Å². The summed E-state index contributed by atoms with van der Waals surface area (Å²) in [4.78, 5) is 16.0. The zero-order chi connectivity index (χ0) is 13.7. The molecule has 1 atom stereocenters. The first-order valence-electron chi connectivity index (χ1n) is 6.05. The normalized spacial score (nSPS) is 11.7. The Morgan fingerprint density at radius 3 is 2.37 bits per heavy atom. The van der Waals surface area contributed by atoms with Crippen LogP contribution in [0.3, 0.4) is 0 Å². The lowest BCUT2D eigenvalue weighted by molar-refractivity contribution is 0.0940. The van der Waals surface area contributed by atoms with Gasteiger partial charge in [-0.15, -0.1) is 0 Å². The maximum atomic E-state index is 12.1. The molecule has 0 aliphatic heterocycles. The van der Waals surface area contributed by atoms with Gasteiger partial charge in [0.2, 0.25) is 0 Å². The lowest BCUT2D eigenvalue weighted by atomic mass is 10.1. The van der Waals surface area contributed by atoms with E-state index in [1.54, 1.807) is 43.8 Å². The highest BCUT2D eigenvalue weighted by molar-refractivity contribution is 5.94. The standard InChI is InChI=1S/C15H16N2O2/c1-11(12-7-9-16-10-8-12)17-15(18)13-3-5-14(19-2)6-4-13/h3-11H,1-2H3,(H,17,18). The highest BCUT2D eigenvalue weighted by atomic mass is 16.5. The Balaban J connectivity index is 2.04. The summed E-state index contributed by atoms with van der Waals surface area (Å²) >= 11 is 0. The van der Waals surface area contributed by atoms with Crippen molar-refractivity contribution in [3.63, 3.8) is 0 Å². The molecule has 0 radical (unpaired) electrons. The molecule has 4 heteroatoms. The van der Waals surface area contributed by atoms with E-state index in [0.717, 1.165) is 11.3 Å². The summed E-state index contributed by atoms with van der Waals surface area (Å²) in [5.74, 6) is 0.630. The molecule has 0 fully saturated rings. The van der Waals surface area contributed by atoms with E-state index in [9.17, 15) is 4.79 Å². The van der Waals surface area contributed by atoms with E-state index in [1.165, 1.54) is 0 Å². The molecule has 2 aromatic rings. The number of nitrogens with zero attached hydrogens (tertiary/aromatic N) is 1. The Morgan fingerprint density at radius 1 is 1.16 bits per heavy atom. The first-order valence-corrected chi connectivity index (χ1v) is 6.05. The Hall–Kier alpha value is -2.36. The van der Waals surface area contributed by atoms with Crippen molar-refractivity contribution >= 4 is 5.91 Å². The number of hydrogen-bond acceptors (Lipinski definition) is 3. The van der Waals surface area contributed by atoms with Crippen LogP contribution in [-0.2, 0) is 0 Å². The van der Waals surface area contributed by atoms with Gasteiger partial charge in [-0.1, -0.05) is 0 Å². The number of methoxy groups -OCH3 is 1. The SMILES string of the molecule is COc1ccc(C(=O)NC(C)c2ccncc2)cc1. The van der Waals surface area contributed by atoms with Crippen LogP contribution in [0.4, 0.5) is 0 Å². The highest BCUT2D eigenvalue weighted by Crippen LogP contribution is 2.14. The topological polar surface area (TPSA) is 51.2 Å². The molecular formula is C15H16N2O2. The summed E-state index contributed by atoms with van der Waals surface area (Å²) in [6, 6.07) is 10.7. The molecule has 0 saturated carbocycles. The van der Waals surface area contributed by atoms with Gasteiger partial charge >= 0.3 is 0 Å². The third kappa shape index (κ3) is 3.31. The molecule has 1 unspecified atom stereocenters. The zero-order valence-corrected chi connectivity index (χ0v) is 11.0. The second-order valence-electron chi connectivity index (χ2n) is 4.20. The Labute approximate surface area is 112 Å². The first-order chi connectivity index (χ1) is 9.20. The minimum Gasteiger partial charge on any atom is -0.497 e. The van der Waals surface area contributed by atoms with E-state index in [2.05, 4.69) is 10.3 Å². The van der Waals surface area contributed by atoms with Crippen LogP contribution in [0.2, 0.25) is 0 Å². The molecule has 19 heavy (non-hydrogen) atoms. The minimum atomic E-state index is -0.105. The zero-order valence-electron chi connectivity index (χ0n) is 11.0. The lowest BCUT2D eigenvalue weighted by Crippen LogP contribution is -2.26. The molecule has 1 aromatic heterocycles. The van der Waals surface area contributed by atoms with Crippen LogP contribution in [0.1, 0.15) is 28.9 Å². The third-order valence-corrected chi connectivity index (χ3v) is 2.91. The van der Waals surface area contributed by atoms with E-state index in [-0.39, 0.29) is 11.9 Å². The lowest BCUT2D eigenvalue weighted by Gasteiger charge is -2.14. The van der Waals surface area contributed by atoms with E-state index in [4.69, 9.17) is 4.74 Å². The number of rotatable bonds is 4. The van der Waals surface area contributed by atoms with Crippen LogP contribution in [0.25, 0.3) is 0 Å². The van der Waals surface area contributed by atoms with Gasteiger partial charge in [-0.3, -0.25) is 9.78 Å². The summed E-state index contributed by atoms with van der Waals surface area (Å²) < 4.78 is 5.06. The molecule has 2 rings (SSSR count). The fourth-order valence-corrected chi connectivity index (χ4v) is 1.76. The largest absolute Gasteiger partial charge is 0.497 e. The van der Waals surface area contributed by atoms with Crippen molar-refractivity contribution in [2.45, 2.75) is 13.0 Å². The molecule has 1 N–H and O–H groups in total. The van der Waals surface area contributed by atoms with Crippen molar-refractivity contribution in [2.24, 2.45) is 0 Å². The average molecular weight is 256 g/mol. The average Bonchev–Trinajstić information content (AvgIpc) is 2.48. The van der Waals surface area contributed by atoms with Crippen molar-refractivity contribution in [3.05, 3.63) is 59.9 Å². The van der Waals surface area contributed by atoms with E-state index in [0.29, 0.717) is 5.56 Å². The molecule has 0 aliphatic rings. The molecule has 0 spiro atoms. The van der Waals surface area contributed by atoms with Crippen LogP contribution in [-0.4, -0.2) is 18.0 Å². The smallest absolute Gasteiger partial charge is 0.251 e. The Kier molecular flexibility index (Phi) is 4.13. The van der Waals surface area contributed by atoms with Crippen LogP contribution in [0, 0.1) is 0 Å².